The quantitative estimate of drug-likeness (QED) is 0.821. The Morgan fingerprint density at radius 2 is 1.77 bits per heavy atom. The molecule has 126 valence electrons. The summed E-state index contributed by atoms with van der Waals surface area (Å²) in [5.74, 6) is 1.49. The highest BCUT2D eigenvalue weighted by atomic mass is 35.5. The molecule has 1 atom stereocenters. The highest BCUT2D eigenvalue weighted by Gasteiger charge is 2.18. The normalized spacial score (nSPS) is 17.6. The molecule has 1 aromatic rings. The highest BCUT2D eigenvalue weighted by molar-refractivity contribution is 5.85. The predicted octanol–water partition coefficient (Wildman–Crippen LogP) is 1.49. The van der Waals surface area contributed by atoms with Crippen LogP contribution in [0.2, 0.25) is 0 Å². The van der Waals surface area contributed by atoms with Gasteiger partial charge in [0.25, 0.3) is 0 Å². The monoisotopic (exact) mass is 330 g/mol. The maximum absolute atomic E-state index is 10.1. The Morgan fingerprint density at radius 1 is 1.14 bits per heavy atom. The van der Waals surface area contributed by atoms with Gasteiger partial charge in [-0.05, 0) is 18.7 Å². The zero-order valence-corrected chi connectivity index (χ0v) is 14.2. The van der Waals surface area contributed by atoms with Gasteiger partial charge in [0.15, 0.2) is 0 Å². The highest BCUT2D eigenvalue weighted by Crippen LogP contribution is 2.19. The molecule has 0 spiro atoms. The lowest BCUT2D eigenvalue weighted by molar-refractivity contribution is 0.0470. The molecule has 1 fully saturated rings. The summed E-state index contributed by atoms with van der Waals surface area (Å²) in [6.45, 7) is 8.47. The van der Waals surface area contributed by atoms with Crippen molar-refractivity contribution in [2.75, 3.05) is 53.0 Å². The molecular formula is C16H27ClN2O3. The first-order chi connectivity index (χ1) is 10.2. The van der Waals surface area contributed by atoms with Crippen LogP contribution in [0.3, 0.4) is 0 Å². The van der Waals surface area contributed by atoms with Gasteiger partial charge in [0.05, 0.1) is 7.11 Å². The third-order valence-corrected chi connectivity index (χ3v) is 3.86. The average Bonchev–Trinajstić information content (AvgIpc) is 2.54. The van der Waals surface area contributed by atoms with Gasteiger partial charge < -0.3 is 19.5 Å². The lowest BCUT2D eigenvalue weighted by atomic mass is 10.2. The Bertz CT molecular complexity index is 426. The summed E-state index contributed by atoms with van der Waals surface area (Å²) in [6, 6.07) is 7.45. The number of piperazine rings is 1. The Hall–Kier alpha value is -1.01. The van der Waals surface area contributed by atoms with Crippen molar-refractivity contribution in [3.05, 3.63) is 24.3 Å². The van der Waals surface area contributed by atoms with Crippen LogP contribution in [0.1, 0.15) is 6.92 Å². The minimum absolute atomic E-state index is 0. The zero-order valence-electron chi connectivity index (χ0n) is 13.4. The Morgan fingerprint density at radius 3 is 2.41 bits per heavy atom. The molecular weight excluding hydrogens is 304 g/mol. The Labute approximate surface area is 139 Å². The van der Waals surface area contributed by atoms with E-state index in [1.165, 1.54) is 0 Å². The number of rotatable bonds is 7. The molecule has 0 amide bonds. The van der Waals surface area contributed by atoms with Crippen molar-refractivity contribution in [2.24, 2.45) is 0 Å². The maximum Gasteiger partial charge on any atom is 0.123 e. The number of benzene rings is 1. The van der Waals surface area contributed by atoms with Gasteiger partial charge in [0.2, 0.25) is 0 Å². The second kappa shape index (κ2) is 9.90. The molecule has 0 bridgehead atoms. The molecule has 1 unspecified atom stereocenters. The second-order valence-corrected chi connectivity index (χ2v) is 5.38. The fourth-order valence-corrected chi connectivity index (χ4v) is 2.52. The van der Waals surface area contributed by atoms with Gasteiger partial charge >= 0.3 is 0 Å². The zero-order chi connectivity index (χ0) is 15.1. The number of β-amino-alcohol motifs (C(OH)–C–C–N with tert-alkyl or cyclic N) is 1. The van der Waals surface area contributed by atoms with E-state index in [0.717, 1.165) is 44.2 Å². The van der Waals surface area contributed by atoms with Crippen molar-refractivity contribution < 1.29 is 14.6 Å². The molecule has 5 nitrogen and oxygen atoms in total. The number of halogens is 1. The first kappa shape index (κ1) is 19.0. The lowest BCUT2D eigenvalue weighted by Crippen LogP contribution is -2.49. The van der Waals surface area contributed by atoms with Crippen LogP contribution in [0.4, 0.5) is 0 Å². The molecule has 0 saturated carbocycles. The van der Waals surface area contributed by atoms with Crippen LogP contribution >= 0.6 is 12.4 Å². The fourth-order valence-electron chi connectivity index (χ4n) is 2.52. The van der Waals surface area contributed by atoms with Crippen LogP contribution in [0.25, 0.3) is 0 Å². The van der Waals surface area contributed by atoms with E-state index in [9.17, 15) is 5.11 Å². The van der Waals surface area contributed by atoms with Crippen molar-refractivity contribution in [3.63, 3.8) is 0 Å². The Kier molecular flexibility index (Phi) is 8.56. The number of likely N-dealkylation sites (N-methyl/N-ethyl adjacent to an activating group) is 1. The predicted molar refractivity (Wildman–Crippen MR) is 90.3 cm³/mol. The molecule has 1 aliphatic rings. The van der Waals surface area contributed by atoms with Gasteiger partial charge in [-0.1, -0.05) is 13.0 Å². The number of hydrogen-bond acceptors (Lipinski definition) is 5. The van der Waals surface area contributed by atoms with Crippen LogP contribution in [-0.2, 0) is 0 Å². The molecule has 1 aliphatic heterocycles. The van der Waals surface area contributed by atoms with E-state index in [0.29, 0.717) is 13.2 Å². The maximum atomic E-state index is 10.1. The van der Waals surface area contributed by atoms with Crippen molar-refractivity contribution >= 4 is 12.4 Å². The Balaban J connectivity index is 0.00000242. The second-order valence-electron chi connectivity index (χ2n) is 5.38. The van der Waals surface area contributed by atoms with Gasteiger partial charge in [-0.25, -0.2) is 0 Å². The van der Waals surface area contributed by atoms with E-state index in [1.54, 1.807) is 7.11 Å². The summed E-state index contributed by atoms with van der Waals surface area (Å²) in [4.78, 5) is 4.72. The van der Waals surface area contributed by atoms with E-state index in [-0.39, 0.29) is 12.4 Å². The van der Waals surface area contributed by atoms with E-state index in [2.05, 4.69) is 16.7 Å². The largest absolute Gasteiger partial charge is 0.497 e. The number of hydrogen-bond donors (Lipinski definition) is 1. The summed E-state index contributed by atoms with van der Waals surface area (Å²) in [5.41, 5.74) is 0. The summed E-state index contributed by atoms with van der Waals surface area (Å²) in [5, 5.41) is 10.1. The van der Waals surface area contributed by atoms with Crippen LogP contribution in [-0.4, -0.2) is 74.0 Å². The molecule has 6 heteroatoms. The van der Waals surface area contributed by atoms with Crippen LogP contribution in [0.15, 0.2) is 24.3 Å². The molecule has 0 aromatic heterocycles. The summed E-state index contributed by atoms with van der Waals surface area (Å²) >= 11 is 0. The molecule has 0 radical (unpaired) electrons. The first-order valence-corrected chi connectivity index (χ1v) is 7.61. The van der Waals surface area contributed by atoms with Gasteiger partial charge in [-0.15, -0.1) is 12.4 Å². The van der Waals surface area contributed by atoms with Gasteiger partial charge in [-0.3, -0.25) is 4.90 Å². The van der Waals surface area contributed by atoms with Crippen molar-refractivity contribution in [3.8, 4) is 11.5 Å². The number of aliphatic hydroxyl groups is 1. The van der Waals surface area contributed by atoms with E-state index in [1.807, 2.05) is 24.3 Å². The molecule has 1 aromatic carbocycles. The van der Waals surface area contributed by atoms with Gasteiger partial charge in [0, 0.05) is 38.8 Å². The van der Waals surface area contributed by atoms with Gasteiger partial charge in [0.1, 0.15) is 24.2 Å². The minimum atomic E-state index is -0.468. The first-order valence-electron chi connectivity index (χ1n) is 7.61. The standard InChI is InChI=1S/C16H26N2O3.ClH/c1-3-17-7-9-18(10-8-17)12-14(19)13-21-16-6-4-5-15(11-16)20-2;/h4-6,11,14,19H,3,7-10,12-13H2,1-2H3;1H. The third kappa shape index (κ3) is 6.01. The SMILES string of the molecule is CCN1CCN(CC(O)COc2cccc(OC)c2)CC1.Cl. The summed E-state index contributed by atoms with van der Waals surface area (Å²) < 4.78 is 10.8. The fraction of sp³-hybridized carbons (Fsp3) is 0.625. The minimum Gasteiger partial charge on any atom is -0.497 e. The van der Waals surface area contributed by atoms with E-state index < -0.39 is 6.10 Å². The smallest absolute Gasteiger partial charge is 0.123 e. The van der Waals surface area contributed by atoms with Crippen LogP contribution in [0.5, 0.6) is 11.5 Å². The van der Waals surface area contributed by atoms with Gasteiger partial charge in [-0.2, -0.15) is 0 Å². The lowest BCUT2D eigenvalue weighted by Gasteiger charge is -2.34. The van der Waals surface area contributed by atoms with Crippen molar-refractivity contribution in [2.45, 2.75) is 13.0 Å². The number of methoxy groups -OCH3 is 1. The average molecular weight is 331 g/mol. The van der Waals surface area contributed by atoms with Crippen molar-refractivity contribution in [1.82, 2.24) is 9.80 Å². The van der Waals surface area contributed by atoms with E-state index in [4.69, 9.17) is 9.47 Å². The summed E-state index contributed by atoms with van der Waals surface area (Å²) in [6.07, 6.45) is -0.468. The molecule has 22 heavy (non-hydrogen) atoms. The molecule has 0 aliphatic carbocycles. The number of aliphatic hydroxyl groups excluding tert-OH is 1. The molecule has 1 heterocycles. The number of nitrogens with zero attached hydrogens (tertiary/aromatic N) is 2. The third-order valence-electron chi connectivity index (χ3n) is 3.86. The summed E-state index contributed by atoms with van der Waals surface area (Å²) in [7, 11) is 1.63. The molecule has 2 rings (SSSR count). The van der Waals surface area contributed by atoms with Crippen LogP contribution < -0.4 is 9.47 Å². The number of ether oxygens (including phenoxy) is 2. The van der Waals surface area contributed by atoms with Crippen LogP contribution in [0, 0.1) is 0 Å². The molecule has 1 N–H and O–H groups in total. The van der Waals surface area contributed by atoms with E-state index >= 15 is 0 Å². The van der Waals surface area contributed by atoms with Crippen molar-refractivity contribution in [1.29, 1.82) is 0 Å². The topological polar surface area (TPSA) is 45.2 Å². The molecule has 1 saturated heterocycles.